The second kappa shape index (κ2) is 5.36. The topological polar surface area (TPSA) is 39.1 Å². The number of hydrogen-bond acceptors (Lipinski definition) is 3. The Morgan fingerprint density at radius 1 is 1.69 bits per heavy atom. The lowest BCUT2D eigenvalue weighted by Crippen LogP contribution is -2.08. The fraction of sp³-hybridized carbons (Fsp3) is 0.625. The zero-order valence-corrected chi connectivity index (χ0v) is 9.47. The summed E-state index contributed by atoms with van der Waals surface area (Å²) in [6, 6.07) is 0. The van der Waals surface area contributed by atoms with Gasteiger partial charge >= 0.3 is 0 Å². The van der Waals surface area contributed by atoms with Crippen LogP contribution in [0.25, 0.3) is 0 Å². The summed E-state index contributed by atoms with van der Waals surface area (Å²) >= 11 is 3.45. The standard InChI is InChI=1S/C8H14BrN3O/c1-10-5-8-7(9)6-12(11-8)3-4-13-2/h6,10H,3-5H2,1-2H3. The van der Waals surface area contributed by atoms with E-state index in [9.17, 15) is 0 Å². The molecule has 1 heterocycles. The van der Waals surface area contributed by atoms with Crippen LogP contribution in [0.3, 0.4) is 0 Å². The second-order valence-corrected chi connectivity index (χ2v) is 3.56. The highest BCUT2D eigenvalue weighted by Gasteiger charge is 2.04. The molecule has 1 N–H and O–H groups in total. The van der Waals surface area contributed by atoms with Gasteiger partial charge in [-0.15, -0.1) is 0 Å². The van der Waals surface area contributed by atoms with Crippen molar-refractivity contribution in [1.29, 1.82) is 0 Å². The normalized spacial score (nSPS) is 10.7. The zero-order chi connectivity index (χ0) is 9.68. The molecule has 0 saturated carbocycles. The Labute approximate surface area is 86.4 Å². The fourth-order valence-corrected chi connectivity index (χ4v) is 1.48. The maximum atomic E-state index is 4.96. The molecule has 1 rings (SSSR count). The van der Waals surface area contributed by atoms with Crippen molar-refractivity contribution >= 4 is 15.9 Å². The summed E-state index contributed by atoms with van der Waals surface area (Å²) in [7, 11) is 3.59. The van der Waals surface area contributed by atoms with Crippen LogP contribution in [0.4, 0.5) is 0 Å². The van der Waals surface area contributed by atoms with Crippen LogP contribution in [0, 0.1) is 0 Å². The molecule has 0 unspecified atom stereocenters. The van der Waals surface area contributed by atoms with E-state index in [4.69, 9.17) is 4.74 Å². The summed E-state index contributed by atoms with van der Waals surface area (Å²) in [6.45, 7) is 2.26. The molecule has 5 heteroatoms. The van der Waals surface area contributed by atoms with Gasteiger partial charge in [-0.05, 0) is 23.0 Å². The van der Waals surface area contributed by atoms with Crippen molar-refractivity contribution in [1.82, 2.24) is 15.1 Å². The van der Waals surface area contributed by atoms with E-state index in [2.05, 4.69) is 26.3 Å². The summed E-state index contributed by atoms with van der Waals surface area (Å²) in [5, 5.41) is 7.42. The second-order valence-electron chi connectivity index (χ2n) is 2.71. The highest BCUT2D eigenvalue weighted by molar-refractivity contribution is 9.10. The Morgan fingerprint density at radius 2 is 2.46 bits per heavy atom. The van der Waals surface area contributed by atoms with E-state index in [1.165, 1.54) is 0 Å². The van der Waals surface area contributed by atoms with E-state index in [0.717, 1.165) is 23.3 Å². The van der Waals surface area contributed by atoms with Crippen molar-refractivity contribution in [2.75, 3.05) is 20.8 Å². The van der Waals surface area contributed by atoms with Crippen molar-refractivity contribution in [3.63, 3.8) is 0 Å². The Balaban J connectivity index is 2.59. The first-order valence-corrected chi connectivity index (χ1v) is 4.92. The molecule has 4 nitrogen and oxygen atoms in total. The number of halogens is 1. The van der Waals surface area contributed by atoms with Gasteiger partial charge in [-0.2, -0.15) is 5.10 Å². The third-order valence-electron chi connectivity index (χ3n) is 1.66. The Morgan fingerprint density at radius 3 is 3.08 bits per heavy atom. The molecule has 0 aliphatic heterocycles. The van der Waals surface area contributed by atoms with E-state index < -0.39 is 0 Å². The van der Waals surface area contributed by atoms with Crippen LogP contribution in [0.15, 0.2) is 10.7 Å². The molecular weight excluding hydrogens is 234 g/mol. The molecule has 0 saturated heterocycles. The van der Waals surface area contributed by atoms with Gasteiger partial charge in [-0.3, -0.25) is 4.68 Å². The van der Waals surface area contributed by atoms with E-state index in [0.29, 0.717) is 6.61 Å². The number of ether oxygens (including phenoxy) is 1. The molecule has 1 aromatic rings. The zero-order valence-electron chi connectivity index (χ0n) is 7.88. The molecule has 0 aliphatic carbocycles. The van der Waals surface area contributed by atoms with Crippen LogP contribution >= 0.6 is 15.9 Å². The molecule has 1 aromatic heterocycles. The van der Waals surface area contributed by atoms with E-state index in [1.54, 1.807) is 7.11 Å². The minimum Gasteiger partial charge on any atom is -0.383 e. The first-order chi connectivity index (χ1) is 6.27. The molecular formula is C8H14BrN3O. The molecule has 0 fully saturated rings. The lowest BCUT2D eigenvalue weighted by molar-refractivity contribution is 0.183. The van der Waals surface area contributed by atoms with Gasteiger partial charge in [0.2, 0.25) is 0 Å². The maximum Gasteiger partial charge on any atom is 0.0904 e. The molecule has 0 spiro atoms. The third kappa shape index (κ3) is 3.10. The van der Waals surface area contributed by atoms with Gasteiger partial charge < -0.3 is 10.1 Å². The predicted octanol–water partition coefficient (Wildman–Crippen LogP) is 1.01. The van der Waals surface area contributed by atoms with Gasteiger partial charge in [0.05, 0.1) is 23.3 Å². The van der Waals surface area contributed by atoms with Crippen LogP contribution in [0.1, 0.15) is 5.69 Å². The minimum atomic E-state index is 0.688. The van der Waals surface area contributed by atoms with Crippen molar-refractivity contribution in [2.24, 2.45) is 0 Å². The van der Waals surface area contributed by atoms with E-state index >= 15 is 0 Å². The molecule has 0 aliphatic rings. The van der Waals surface area contributed by atoms with Crippen LogP contribution in [-0.2, 0) is 17.8 Å². The average Bonchev–Trinajstić information content (AvgIpc) is 2.45. The van der Waals surface area contributed by atoms with E-state index in [1.807, 2.05) is 17.9 Å². The number of nitrogens with one attached hydrogen (secondary N) is 1. The number of rotatable bonds is 5. The SMILES string of the molecule is CNCc1nn(CCOC)cc1Br. The highest BCUT2D eigenvalue weighted by atomic mass is 79.9. The summed E-state index contributed by atoms with van der Waals surface area (Å²) in [4.78, 5) is 0. The molecule has 74 valence electrons. The summed E-state index contributed by atoms with van der Waals surface area (Å²) in [6.07, 6.45) is 1.96. The monoisotopic (exact) mass is 247 g/mol. The van der Waals surface area contributed by atoms with Crippen LogP contribution in [0.5, 0.6) is 0 Å². The summed E-state index contributed by atoms with van der Waals surface area (Å²) < 4.78 is 7.88. The molecule has 0 atom stereocenters. The van der Waals surface area contributed by atoms with Gasteiger partial charge in [0, 0.05) is 19.9 Å². The first-order valence-electron chi connectivity index (χ1n) is 4.13. The number of nitrogens with zero attached hydrogens (tertiary/aromatic N) is 2. The number of methoxy groups -OCH3 is 1. The molecule has 13 heavy (non-hydrogen) atoms. The van der Waals surface area contributed by atoms with Gasteiger partial charge in [0.1, 0.15) is 0 Å². The predicted molar refractivity (Wildman–Crippen MR) is 54.6 cm³/mol. The lowest BCUT2D eigenvalue weighted by Gasteiger charge is -1.98. The molecule has 0 bridgehead atoms. The van der Waals surface area contributed by atoms with Crippen molar-refractivity contribution in [3.05, 3.63) is 16.4 Å². The molecule has 0 radical (unpaired) electrons. The number of aromatic nitrogens is 2. The quantitative estimate of drug-likeness (QED) is 0.845. The minimum absolute atomic E-state index is 0.688. The molecule has 0 aromatic carbocycles. The lowest BCUT2D eigenvalue weighted by atomic mass is 10.4. The Hall–Kier alpha value is -0.390. The first kappa shape index (κ1) is 10.7. The Kier molecular flexibility index (Phi) is 4.41. The van der Waals surface area contributed by atoms with Crippen molar-refractivity contribution < 1.29 is 4.74 Å². The van der Waals surface area contributed by atoms with Gasteiger partial charge in [0.15, 0.2) is 0 Å². The van der Waals surface area contributed by atoms with E-state index in [-0.39, 0.29) is 0 Å². The highest BCUT2D eigenvalue weighted by Crippen LogP contribution is 2.14. The van der Waals surface area contributed by atoms with Crippen LogP contribution < -0.4 is 5.32 Å². The Bertz CT molecular complexity index is 262. The number of hydrogen-bond donors (Lipinski definition) is 1. The molecule has 0 amide bonds. The smallest absolute Gasteiger partial charge is 0.0904 e. The largest absolute Gasteiger partial charge is 0.383 e. The summed E-state index contributed by atoms with van der Waals surface area (Å²) in [5.41, 5.74) is 1.03. The van der Waals surface area contributed by atoms with Gasteiger partial charge in [-0.1, -0.05) is 0 Å². The van der Waals surface area contributed by atoms with Gasteiger partial charge in [-0.25, -0.2) is 0 Å². The third-order valence-corrected chi connectivity index (χ3v) is 2.32. The summed E-state index contributed by atoms with van der Waals surface area (Å²) in [5.74, 6) is 0. The van der Waals surface area contributed by atoms with Crippen LogP contribution in [0.2, 0.25) is 0 Å². The maximum absolute atomic E-state index is 4.96. The van der Waals surface area contributed by atoms with Gasteiger partial charge in [0.25, 0.3) is 0 Å². The van der Waals surface area contributed by atoms with Crippen molar-refractivity contribution in [2.45, 2.75) is 13.1 Å². The van der Waals surface area contributed by atoms with Crippen LogP contribution in [-0.4, -0.2) is 30.5 Å². The fourth-order valence-electron chi connectivity index (χ4n) is 1.02. The average molecular weight is 248 g/mol. The van der Waals surface area contributed by atoms with Crippen molar-refractivity contribution in [3.8, 4) is 0 Å².